The van der Waals surface area contributed by atoms with Crippen LogP contribution < -0.4 is 9.47 Å². The molecule has 174 valence electrons. The number of rotatable bonds is 10. The number of nitrogens with zero attached hydrogens (tertiary/aromatic N) is 4. The predicted octanol–water partition coefficient (Wildman–Crippen LogP) is 1.46. The van der Waals surface area contributed by atoms with Gasteiger partial charge in [-0.1, -0.05) is 0 Å². The first-order chi connectivity index (χ1) is 14.8. The molecule has 0 aromatic heterocycles. The van der Waals surface area contributed by atoms with E-state index in [1.807, 2.05) is 44.9 Å². The molecule has 1 aliphatic heterocycles. The van der Waals surface area contributed by atoms with Gasteiger partial charge >= 0.3 is 0 Å². The Morgan fingerprint density at radius 1 is 0.903 bits per heavy atom. The molecular formula is C23H38N4O4. The van der Waals surface area contributed by atoms with E-state index in [9.17, 15) is 9.59 Å². The van der Waals surface area contributed by atoms with E-state index in [2.05, 4.69) is 9.80 Å². The van der Waals surface area contributed by atoms with Crippen LogP contribution in [0.4, 0.5) is 0 Å². The molecule has 0 radical (unpaired) electrons. The predicted molar refractivity (Wildman–Crippen MR) is 122 cm³/mol. The van der Waals surface area contributed by atoms with Gasteiger partial charge in [0.2, 0.25) is 11.8 Å². The maximum absolute atomic E-state index is 12.8. The molecule has 31 heavy (non-hydrogen) atoms. The van der Waals surface area contributed by atoms with Gasteiger partial charge in [0.25, 0.3) is 0 Å². The number of hydrogen-bond acceptors (Lipinski definition) is 6. The molecule has 1 heterocycles. The van der Waals surface area contributed by atoms with Crippen molar-refractivity contribution >= 4 is 11.8 Å². The Bertz CT molecular complexity index is 743. The van der Waals surface area contributed by atoms with Crippen LogP contribution in [0.3, 0.4) is 0 Å². The maximum Gasteiger partial charge on any atom is 0.236 e. The van der Waals surface area contributed by atoms with Crippen molar-refractivity contribution in [1.82, 2.24) is 19.6 Å². The number of carbonyl (C=O) groups excluding carboxylic acids is 2. The lowest BCUT2D eigenvalue weighted by Crippen LogP contribution is -2.52. The minimum atomic E-state index is 0.0850. The van der Waals surface area contributed by atoms with E-state index in [1.54, 1.807) is 19.1 Å². The third kappa shape index (κ3) is 6.83. The lowest BCUT2D eigenvalue weighted by molar-refractivity contribution is -0.134. The zero-order valence-corrected chi connectivity index (χ0v) is 19.9. The third-order valence-electron chi connectivity index (χ3n) is 5.97. The van der Waals surface area contributed by atoms with Crippen LogP contribution in [0, 0.1) is 6.92 Å². The van der Waals surface area contributed by atoms with Crippen LogP contribution in [0.2, 0.25) is 0 Å². The molecule has 1 aromatic rings. The molecule has 0 spiro atoms. The summed E-state index contributed by atoms with van der Waals surface area (Å²) in [4.78, 5) is 33.0. The molecule has 1 aromatic carbocycles. The van der Waals surface area contributed by atoms with Gasteiger partial charge in [0.1, 0.15) is 0 Å². The van der Waals surface area contributed by atoms with E-state index >= 15 is 0 Å². The van der Waals surface area contributed by atoms with Crippen LogP contribution in [-0.2, 0) is 16.1 Å². The first kappa shape index (κ1) is 24.9. The fourth-order valence-corrected chi connectivity index (χ4v) is 3.82. The van der Waals surface area contributed by atoms with Gasteiger partial charge < -0.3 is 19.3 Å². The molecule has 0 bridgehead atoms. The molecule has 0 unspecified atom stereocenters. The highest BCUT2D eigenvalue weighted by Gasteiger charge is 2.23. The van der Waals surface area contributed by atoms with Gasteiger partial charge in [0.05, 0.1) is 27.3 Å². The summed E-state index contributed by atoms with van der Waals surface area (Å²) < 4.78 is 10.7. The van der Waals surface area contributed by atoms with Crippen molar-refractivity contribution in [3.8, 4) is 11.5 Å². The Balaban J connectivity index is 1.84. The van der Waals surface area contributed by atoms with Crippen LogP contribution in [0.15, 0.2) is 12.1 Å². The molecule has 0 N–H and O–H groups in total. The van der Waals surface area contributed by atoms with Crippen molar-refractivity contribution in [3.63, 3.8) is 0 Å². The van der Waals surface area contributed by atoms with Crippen molar-refractivity contribution in [2.45, 2.75) is 27.3 Å². The van der Waals surface area contributed by atoms with Gasteiger partial charge in [-0.2, -0.15) is 0 Å². The first-order valence-corrected chi connectivity index (χ1v) is 11.0. The summed E-state index contributed by atoms with van der Waals surface area (Å²) in [6, 6.07) is 3.87. The smallest absolute Gasteiger partial charge is 0.236 e. The molecule has 8 nitrogen and oxygen atoms in total. The molecule has 0 saturated carbocycles. The average Bonchev–Trinajstić information content (AvgIpc) is 2.76. The molecule has 0 aliphatic carbocycles. The van der Waals surface area contributed by atoms with E-state index in [1.165, 1.54) is 0 Å². The standard InChI is InChI=1S/C23H38N4O4/c1-7-27(8-2)23(29)17-26-11-9-25(10-12-26)16-22(28)24(4)15-19-14-21(31-6)20(30-5)13-18(19)3/h13-14H,7-12,15-17H2,1-6H3. The normalized spacial score (nSPS) is 14.9. The SMILES string of the molecule is CCN(CC)C(=O)CN1CCN(CC(=O)N(C)Cc2cc(OC)c(OC)cc2C)CC1. The van der Waals surface area contributed by atoms with Gasteiger partial charge in [0, 0.05) is 52.9 Å². The Kier molecular flexibility index (Phi) is 9.58. The van der Waals surface area contributed by atoms with Crippen LogP contribution in [-0.4, -0.2) is 105 Å². The lowest BCUT2D eigenvalue weighted by atomic mass is 10.1. The average molecular weight is 435 g/mol. The fraction of sp³-hybridized carbons (Fsp3) is 0.652. The summed E-state index contributed by atoms with van der Waals surface area (Å²) >= 11 is 0. The van der Waals surface area contributed by atoms with E-state index in [0.717, 1.165) is 50.4 Å². The summed E-state index contributed by atoms with van der Waals surface area (Å²) in [6.07, 6.45) is 0. The Morgan fingerprint density at radius 2 is 1.39 bits per heavy atom. The molecule has 2 rings (SSSR count). The number of ether oxygens (including phenoxy) is 2. The monoisotopic (exact) mass is 434 g/mol. The largest absolute Gasteiger partial charge is 0.493 e. The second kappa shape index (κ2) is 11.9. The van der Waals surface area contributed by atoms with Gasteiger partial charge in [0.15, 0.2) is 11.5 Å². The van der Waals surface area contributed by atoms with Crippen molar-refractivity contribution in [1.29, 1.82) is 0 Å². The van der Waals surface area contributed by atoms with Crippen molar-refractivity contribution in [3.05, 3.63) is 23.3 Å². The highest BCUT2D eigenvalue weighted by Crippen LogP contribution is 2.30. The molecule has 1 aliphatic rings. The highest BCUT2D eigenvalue weighted by molar-refractivity contribution is 5.78. The molecule has 2 amide bonds. The summed E-state index contributed by atoms with van der Waals surface area (Å²) in [5.41, 5.74) is 2.09. The van der Waals surface area contributed by atoms with Crippen molar-refractivity contribution in [2.24, 2.45) is 0 Å². The Hall–Kier alpha value is -2.32. The quantitative estimate of drug-likeness (QED) is 0.556. The summed E-state index contributed by atoms with van der Waals surface area (Å²) in [5, 5.41) is 0. The van der Waals surface area contributed by atoms with Crippen LogP contribution in [0.25, 0.3) is 0 Å². The van der Waals surface area contributed by atoms with Crippen molar-refractivity contribution < 1.29 is 19.1 Å². The minimum absolute atomic E-state index is 0.0850. The first-order valence-electron chi connectivity index (χ1n) is 11.0. The van der Waals surface area contributed by atoms with Crippen LogP contribution in [0.1, 0.15) is 25.0 Å². The highest BCUT2D eigenvalue weighted by atomic mass is 16.5. The maximum atomic E-state index is 12.8. The van der Waals surface area contributed by atoms with Crippen molar-refractivity contribution in [2.75, 3.05) is 73.6 Å². The van der Waals surface area contributed by atoms with E-state index in [0.29, 0.717) is 31.1 Å². The summed E-state index contributed by atoms with van der Waals surface area (Å²) in [5.74, 6) is 1.62. The third-order valence-corrected chi connectivity index (χ3v) is 5.97. The van der Waals surface area contributed by atoms with Gasteiger partial charge in [-0.3, -0.25) is 19.4 Å². The topological polar surface area (TPSA) is 65.6 Å². The van der Waals surface area contributed by atoms with Gasteiger partial charge in [-0.25, -0.2) is 0 Å². The van der Waals surface area contributed by atoms with E-state index < -0.39 is 0 Å². The second-order valence-corrected chi connectivity index (χ2v) is 8.00. The number of methoxy groups -OCH3 is 2. The summed E-state index contributed by atoms with van der Waals surface area (Å²) in [6.45, 7) is 12.1. The molecule has 8 heteroatoms. The van der Waals surface area contributed by atoms with Gasteiger partial charge in [-0.05, 0) is 44.0 Å². The summed E-state index contributed by atoms with van der Waals surface area (Å²) in [7, 11) is 5.06. The van der Waals surface area contributed by atoms with Crippen LogP contribution in [0.5, 0.6) is 11.5 Å². The number of aryl methyl sites for hydroxylation is 1. The number of benzene rings is 1. The number of likely N-dealkylation sites (N-methyl/N-ethyl adjacent to an activating group) is 2. The molecular weight excluding hydrogens is 396 g/mol. The number of carbonyl (C=O) groups is 2. The fourth-order valence-electron chi connectivity index (χ4n) is 3.82. The zero-order valence-electron chi connectivity index (χ0n) is 19.9. The molecule has 0 atom stereocenters. The Labute approximate surface area is 186 Å². The molecule has 1 saturated heterocycles. The van der Waals surface area contributed by atoms with Crippen LogP contribution >= 0.6 is 0 Å². The van der Waals surface area contributed by atoms with Gasteiger partial charge in [-0.15, -0.1) is 0 Å². The number of piperazine rings is 1. The zero-order chi connectivity index (χ0) is 23.0. The molecule has 1 fully saturated rings. The Morgan fingerprint density at radius 3 is 1.87 bits per heavy atom. The van der Waals surface area contributed by atoms with E-state index in [4.69, 9.17) is 9.47 Å². The van der Waals surface area contributed by atoms with E-state index in [-0.39, 0.29) is 11.8 Å². The number of hydrogen-bond donors (Lipinski definition) is 0. The second-order valence-electron chi connectivity index (χ2n) is 8.00. The lowest BCUT2D eigenvalue weighted by Gasteiger charge is -2.35. The minimum Gasteiger partial charge on any atom is -0.493 e. The number of amides is 2.